The van der Waals surface area contributed by atoms with E-state index in [0.717, 1.165) is 23.1 Å². The molecular weight excluding hydrogens is 328 g/mol. The topological polar surface area (TPSA) is 82.9 Å². The molecule has 0 fully saturated rings. The number of aromatic nitrogens is 3. The fraction of sp³-hybridized carbons (Fsp3) is 0.412. The third kappa shape index (κ3) is 3.05. The van der Waals surface area contributed by atoms with Crippen molar-refractivity contribution in [2.45, 2.75) is 32.9 Å². The molecule has 3 aromatic rings. The molecule has 0 spiro atoms. The fourth-order valence-electron chi connectivity index (χ4n) is 2.98. The first-order chi connectivity index (χ1) is 11.5. The zero-order valence-corrected chi connectivity index (χ0v) is 14.5. The molecule has 1 aromatic carbocycles. The highest BCUT2D eigenvalue weighted by molar-refractivity contribution is 6.31. The lowest BCUT2D eigenvalue weighted by molar-refractivity contribution is 0.157. The first-order valence-electron chi connectivity index (χ1n) is 8.08. The molecule has 1 unspecified atom stereocenters. The van der Waals surface area contributed by atoms with Gasteiger partial charge >= 0.3 is 0 Å². The minimum absolute atomic E-state index is 0.0956. The summed E-state index contributed by atoms with van der Waals surface area (Å²) in [5.41, 5.74) is 2.05. The highest BCUT2D eigenvalue weighted by Gasteiger charge is 2.16. The number of aryl methyl sites for hydroxylation is 2. The largest absolute Gasteiger partial charge is 0.392 e. The molecule has 3 rings (SSSR count). The van der Waals surface area contributed by atoms with Crippen molar-refractivity contribution in [3.8, 4) is 0 Å². The summed E-state index contributed by atoms with van der Waals surface area (Å²) in [6.07, 6.45) is -0.00659. The van der Waals surface area contributed by atoms with Crippen LogP contribution in [0.4, 0.5) is 0 Å². The summed E-state index contributed by atoms with van der Waals surface area (Å²) in [5.74, 6) is 0. The molecule has 0 amide bonds. The molecule has 0 saturated heterocycles. The predicted octanol–water partition coefficient (Wildman–Crippen LogP) is 2.20. The highest BCUT2D eigenvalue weighted by Crippen LogP contribution is 2.25. The van der Waals surface area contributed by atoms with E-state index >= 15 is 0 Å². The van der Waals surface area contributed by atoms with Crippen molar-refractivity contribution in [2.75, 3.05) is 13.1 Å². The van der Waals surface area contributed by atoms with Crippen LogP contribution in [0.1, 0.15) is 19.0 Å². The van der Waals surface area contributed by atoms with Crippen LogP contribution in [0.15, 0.2) is 23.0 Å². The summed E-state index contributed by atoms with van der Waals surface area (Å²) < 4.78 is 1.70. The summed E-state index contributed by atoms with van der Waals surface area (Å²) in [4.78, 5) is 12.9. The Bertz CT molecular complexity index is 932. The van der Waals surface area contributed by atoms with Gasteiger partial charge in [0.15, 0.2) is 0 Å². The van der Waals surface area contributed by atoms with E-state index in [2.05, 4.69) is 15.5 Å². The van der Waals surface area contributed by atoms with Gasteiger partial charge in [0.05, 0.1) is 17.0 Å². The molecule has 0 aliphatic carbocycles. The summed E-state index contributed by atoms with van der Waals surface area (Å²) in [7, 11) is 0. The number of benzene rings is 1. The number of nitrogens with zero attached hydrogens (tertiary/aromatic N) is 2. The molecule has 0 saturated carbocycles. The summed E-state index contributed by atoms with van der Waals surface area (Å²) in [6.45, 7) is 5.58. The number of aromatic amines is 1. The van der Waals surface area contributed by atoms with E-state index < -0.39 is 6.10 Å². The van der Waals surface area contributed by atoms with Crippen molar-refractivity contribution in [1.29, 1.82) is 0 Å². The SMILES string of the molecule is CCNCC(O)CCn1c(=O)c2c(C)[nH]nc2c2cc(Cl)ccc21. The average Bonchev–Trinajstić information content (AvgIpc) is 2.95. The standard InChI is InChI=1S/C17H21ClN4O2/c1-3-19-9-12(23)6-7-22-14-5-4-11(18)8-13(14)16-15(17(22)24)10(2)20-21-16/h4-5,8,12,19,23H,3,6-7,9H2,1-2H3,(H,20,21). The zero-order valence-electron chi connectivity index (χ0n) is 13.8. The Kier molecular flexibility index (Phi) is 4.89. The Morgan fingerprint density at radius 2 is 2.25 bits per heavy atom. The number of hydrogen-bond donors (Lipinski definition) is 3. The van der Waals surface area contributed by atoms with Gasteiger partial charge in [0.25, 0.3) is 5.56 Å². The van der Waals surface area contributed by atoms with E-state index in [1.54, 1.807) is 10.6 Å². The molecule has 0 aliphatic heterocycles. The van der Waals surface area contributed by atoms with Crippen molar-refractivity contribution in [3.63, 3.8) is 0 Å². The number of fused-ring (bicyclic) bond motifs is 3. The molecular formula is C17H21ClN4O2. The van der Waals surface area contributed by atoms with E-state index in [1.165, 1.54) is 0 Å². The van der Waals surface area contributed by atoms with Crippen molar-refractivity contribution in [3.05, 3.63) is 39.3 Å². The van der Waals surface area contributed by atoms with Crippen molar-refractivity contribution in [1.82, 2.24) is 20.1 Å². The van der Waals surface area contributed by atoms with E-state index in [4.69, 9.17) is 11.6 Å². The van der Waals surface area contributed by atoms with Gasteiger partial charge in [0.2, 0.25) is 0 Å². The summed E-state index contributed by atoms with van der Waals surface area (Å²) in [5, 5.41) is 22.3. The third-order valence-corrected chi connectivity index (χ3v) is 4.46. The lowest BCUT2D eigenvalue weighted by atomic mass is 10.1. The molecule has 0 aliphatic rings. The molecule has 24 heavy (non-hydrogen) atoms. The van der Waals surface area contributed by atoms with Gasteiger partial charge in [-0.1, -0.05) is 18.5 Å². The first-order valence-corrected chi connectivity index (χ1v) is 8.46. The lowest BCUT2D eigenvalue weighted by Crippen LogP contribution is -2.29. The van der Waals surface area contributed by atoms with E-state index in [1.807, 2.05) is 26.0 Å². The van der Waals surface area contributed by atoms with Gasteiger partial charge in [-0.25, -0.2) is 0 Å². The maximum absolute atomic E-state index is 12.9. The van der Waals surface area contributed by atoms with E-state index in [0.29, 0.717) is 35.4 Å². The Morgan fingerprint density at radius 1 is 1.46 bits per heavy atom. The molecule has 2 heterocycles. The van der Waals surface area contributed by atoms with Crippen LogP contribution < -0.4 is 10.9 Å². The van der Waals surface area contributed by atoms with Gasteiger partial charge in [-0.15, -0.1) is 0 Å². The van der Waals surface area contributed by atoms with Gasteiger partial charge in [-0.05, 0) is 38.1 Å². The fourth-order valence-corrected chi connectivity index (χ4v) is 3.15. The normalized spacial score (nSPS) is 13.0. The summed E-state index contributed by atoms with van der Waals surface area (Å²) >= 11 is 6.13. The number of pyridine rings is 1. The van der Waals surface area contributed by atoms with Crippen LogP contribution in [0.3, 0.4) is 0 Å². The molecule has 1 atom stereocenters. The molecule has 3 N–H and O–H groups in total. The molecule has 6 nitrogen and oxygen atoms in total. The first kappa shape index (κ1) is 17.0. The molecule has 2 aromatic heterocycles. The number of aliphatic hydroxyl groups excluding tert-OH is 1. The highest BCUT2D eigenvalue weighted by atomic mass is 35.5. The molecule has 7 heteroatoms. The van der Waals surface area contributed by atoms with Gasteiger partial charge < -0.3 is 15.0 Å². The third-order valence-electron chi connectivity index (χ3n) is 4.23. The Hall–Kier alpha value is -1.89. The van der Waals surface area contributed by atoms with Crippen molar-refractivity contribution < 1.29 is 5.11 Å². The second-order valence-electron chi connectivity index (χ2n) is 5.94. The second kappa shape index (κ2) is 6.93. The van der Waals surface area contributed by atoms with Gasteiger partial charge in [0, 0.05) is 29.2 Å². The second-order valence-corrected chi connectivity index (χ2v) is 6.38. The lowest BCUT2D eigenvalue weighted by Gasteiger charge is -2.15. The van der Waals surface area contributed by atoms with Crippen molar-refractivity contribution in [2.24, 2.45) is 0 Å². The number of hydrogen-bond acceptors (Lipinski definition) is 4. The Balaban J connectivity index is 2.09. The predicted molar refractivity (Wildman–Crippen MR) is 96.8 cm³/mol. The molecule has 0 bridgehead atoms. The smallest absolute Gasteiger partial charge is 0.262 e. The number of nitrogens with one attached hydrogen (secondary N) is 2. The van der Waals surface area contributed by atoms with Crippen LogP contribution in [0.5, 0.6) is 0 Å². The average molecular weight is 349 g/mol. The number of H-pyrrole nitrogens is 1. The van der Waals surface area contributed by atoms with Crippen molar-refractivity contribution >= 4 is 33.4 Å². The van der Waals surface area contributed by atoms with Gasteiger partial charge in [-0.2, -0.15) is 5.10 Å². The van der Waals surface area contributed by atoms with E-state index in [-0.39, 0.29) is 5.56 Å². The maximum atomic E-state index is 12.9. The van der Waals surface area contributed by atoms with Gasteiger partial charge in [-0.3, -0.25) is 9.89 Å². The van der Waals surface area contributed by atoms with Crippen LogP contribution in [0.25, 0.3) is 21.8 Å². The Morgan fingerprint density at radius 3 is 3.00 bits per heavy atom. The number of aliphatic hydroxyl groups is 1. The van der Waals surface area contributed by atoms with Crippen LogP contribution in [0, 0.1) is 6.92 Å². The van der Waals surface area contributed by atoms with Crippen LogP contribution in [-0.2, 0) is 6.54 Å². The van der Waals surface area contributed by atoms with Crippen LogP contribution >= 0.6 is 11.6 Å². The zero-order chi connectivity index (χ0) is 17.3. The monoisotopic (exact) mass is 348 g/mol. The van der Waals surface area contributed by atoms with E-state index in [9.17, 15) is 9.90 Å². The number of likely N-dealkylation sites (N-methyl/N-ethyl adjacent to an activating group) is 1. The quantitative estimate of drug-likeness (QED) is 0.637. The summed E-state index contributed by atoms with van der Waals surface area (Å²) in [6, 6.07) is 5.42. The van der Waals surface area contributed by atoms with Crippen LogP contribution in [0.2, 0.25) is 5.02 Å². The minimum atomic E-state index is -0.500. The Labute approximate surface area is 144 Å². The van der Waals surface area contributed by atoms with Crippen LogP contribution in [-0.4, -0.2) is 39.1 Å². The number of halogens is 1. The molecule has 0 radical (unpaired) electrons. The number of rotatable bonds is 6. The maximum Gasteiger partial charge on any atom is 0.262 e. The minimum Gasteiger partial charge on any atom is -0.392 e. The molecule has 128 valence electrons. The van der Waals surface area contributed by atoms with Gasteiger partial charge in [0.1, 0.15) is 5.52 Å².